The normalized spacial score (nSPS) is 23.5. The zero-order valence-electron chi connectivity index (χ0n) is 14.0. The predicted molar refractivity (Wildman–Crippen MR) is 90.4 cm³/mol. The Morgan fingerprint density at radius 2 is 2.24 bits per heavy atom. The second kappa shape index (κ2) is 7.56. The van der Waals surface area contributed by atoms with E-state index < -0.39 is 0 Å². The minimum atomic E-state index is 0.295. The molecule has 0 aliphatic carbocycles. The van der Waals surface area contributed by atoms with Gasteiger partial charge in [0.15, 0.2) is 5.13 Å². The van der Waals surface area contributed by atoms with Crippen molar-refractivity contribution in [3.63, 3.8) is 0 Å². The van der Waals surface area contributed by atoms with Gasteiger partial charge in [-0.15, -0.1) is 11.3 Å². The van der Waals surface area contributed by atoms with Crippen LogP contribution >= 0.6 is 11.3 Å². The number of likely N-dealkylation sites (N-methyl/N-ethyl adjacent to an activating group) is 1. The molecule has 0 bridgehead atoms. The van der Waals surface area contributed by atoms with Crippen LogP contribution in [0.15, 0.2) is 0 Å². The molecule has 1 saturated heterocycles. The zero-order valence-corrected chi connectivity index (χ0v) is 14.8. The summed E-state index contributed by atoms with van der Waals surface area (Å²) in [4.78, 5) is 8.67. The van der Waals surface area contributed by atoms with Crippen molar-refractivity contribution in [2.45, 2.75) is 65.1 Å². The van der Waals surface area contributed by atoms with Gasteiger partial charge in [0.1, 0.15) is 0 Å². The highest BCUT2D eigenvalue weighted by Gasteiger charge is 2.30. The van der Waals surface area contributed by atoms with Crippen molar-refractivity contribution in [2.24, 2.45) is 0 Å². The van der Waals surface area contributed by atoms with Crippen LogP contribution in [0.4, 0.5) is 5.13 Å². The van der Waals surface area contributed by atoms with E-state index in [1.54, 1.807) is 0 Å². The fourth-order valence-corrected chi connectivity index (χ4v) is 3.99. The van der Waals surface area contributed by atoms with E-state index in [1.165, 1.54) is 10.6 Å². The lowest BCUT2D eigenvalue weighted by molar-refractivity contribution is 0.118. The number of hydrogen-bond donors (Lipinski definition) is 1. The van der Waals surface area contributed by atoms with E-state index in [2.05, 4.69) is 45.0 Å². The largest absolute Gasteiger partial charge is 0.376 e. The van der Waals surface area contributed by atoms with Gasteiger partial charge in [0.05, 0.1) is 17.8 Å². The number of ether oxygens (including phenoxy) is 1. The molecule has 0 aromatic carbocycles. The van der Waals surface area contributed by atoms with Gasteiger partial charge in [-0.25, -0.2) is 4.98 Å². The summed E-state index contributed by atoms with van der Waals surface area (Å²) in [6, 6.07) is 0.452. The van der Waals surface area contributed by atoms with Crippen LogP contribution in [0.2, 0.25) is 0 Å². The van der Waals surface area contributed by atoms with Crippen molar-refractivity contribution in [1.29, 1.82) is 0 Å². The average molecular weight is 311 g/mol. The third-order valence-corrected chi connectivity index (χ3v) is 5.63. The quantitative estimate of drug-likeness (QED) is 0.837. The molecule has 1 aliphatic rings. The van der Waals surface area contributed by atoms with Gasteiger partial charge in [0, 0.05) is 25.1 Å². The fraction of sp³-hybridized carbons (Fsp3) is 0.812. The van der Waals surface area contributed by atoms with Crippen molar-refractivity contribution in [3.05, 3.63) is 10.6 Å². The molecule has 4 nitrogen and oxygen atoms in total. The van der Waals surface area contributed by atoms with Crippen molar-refractivity contribution in [2.75, 3.05) is 25.1 Å². The van der Waals surface area contributed by atoms with Crippen LogP contribution in [0.3, 0.4) is 0 Å². The average Bonchev–Trinajstić information content (AvgIpc) is 3.09. The molecule has 1 fully saturated rings. The molecule has 0 radical (unpaired) electrons. The van der Waals surface area contributed by atoms with Crippen LogP contribution in [-0.2, 0) is 11.3 Å². The molecule has 0 spiro atoms. The smallest absolute Gasteiger partial charge is 0.185 e. The maximum atomic E-state index is 5.70. The molecule has 120 valence electrons. The molecular formula is C16H29N3OS. The second-order valence-electron chi connectivity index (χ2n) is 5.94. The van der Waals surface area contributed by atoms with E-state index in [4.69, 9.17) is 9.72 Å². The van der Waals surface area contributed by atoms with E-state index in [-0.39, 0.29) is 0 Å². The summed E-state index contributed by atoms with van der Waals surface area (Å²) in [5.74, 6) is 0.523. The lowest BCUT2D eigenvalue weighted by Crippen LogP contribution is -2.36. The third kappa shape index (κ3) is 3.76. The Morgan fingerprint density at radius 1 is 1.48 bits per heavy atom. The van der Waals surface area contributed by atoms with Gasteiger partial charge in [-0.2, -0.15) is 0 Å². The van der Waals surface area contributed by atoms with Crippen molar-refractivity contribution >= 4 is 16.5 Å². The summed E-state index contributed by atoms with van der Waals surface area (Å²) >= 11 is 1.84. The summed E-state index contributed by atoms with van der Waals surface area (Å²) < 4.78 is 5.70. The van der Waals surface area contributed by atoms with Gasteiger partial charge in [0.25, 0.3) is 0 Å². The Bertz CT molecular complexity index is 449. The number of aromatic nitrogens is 1. The lowest BCUT2D eigenvalue weighted by atomic mass is 10.0. The maximum absolute atomic E-state index is 5.70. The lowest BCUT2D eigenvalue weighted by Gasteiger charge is -2.26. The van der Waals surface area contributed by atoms with Crippen LogP contribution in [-0.4, -0.2) is 37.3 Å². The molecule has 0 saturated carbocycles. The van der Waals surface area contributed by atoms with Gasteiger partial charge >= 0.3 is 0 Å². The summed E-state index contributed by atoms with van der Waals surface area (Å²) in [7, 11) is 2.16. The van der Waals surface area contributed by atoms with E-state index >= 15 is 0 Å². The molecule has 0 amide bonds. The molecule has 2 heterocycles. The molecule has 3 atom stereocenters. The van der Waals surface area contributed by atoms with Gasteiger partial charge in [-0.1, -0.05) is 20.8 Å². The number of rotatable bonds is 7. The zero-order chi connectivity index (χ0) is 15.4. The van der Waals surface area contributed by atoms with Crippen molar-refractivity contribution in [3.8, 4) is 0 Å². The SMILES string of the molecule is CCNCc1sc(N(C)C2CCOC2C)nc1C(C)CC. The van der Waals surface area contributed by atoms with E-state index in [9.17, 15) is 0 Å². The first-order chi connectivity index (χ1) is 10.1. The molecule has 5 heteroatoms. The van der Waals surface area contributed by atoms with Gasteiger partial charge in [-0.05, 0) is 32.2 Å². The van der Waals surface area contributed by atoms with E-state index in [1.807, 2.05) is 11.3 Å². The fourth-order valence-electron chi connectivity index (χ4n) is 2.82. The first-order valence-electron chi connectivity index (χ1n) is 8.13. The molecule has 1 N–H and O–H groups in total. The number of nitrogens with one attached hydrogen (secondary N) is 1. The highest BCUT2D eigenvalue weighted by molar-refractivity contribution is 7.15. The number of thiazole rings is 1. The first-order valence-corrected chi connectivity index (χ1v) is 8.94. The molecule has 1 aromatic rings. The van der Waals surface area contributed by atoms with Crippen LogP contribution in [0.5, 0.6) is 0 Å². The minimum Gasteiger partial charge on any atom is -0.376 e. The standard InChI is InChI=1S/C16H29N3OS/c1-6-11(3)15-14(10-17-7-2)21-16(18-15)19(5)13-8-9-20-12(13)4/h11-13,17H,6-10H2,1-5H3. The number of anilines is 1. The molecule has 3 unspecified atom stereocenters. The maximum Gasteiger partial charge on any atom is 0.185 e. The summed E-state index contributed by atoms with van der Waals surface area (Å²) in [5, 5.41) is 4.58. The van der Waals surface area contributed by atoms with Gasteiger partial charge in [-0.3, -0.25) is 0 Å². The summed E-state index contributed by atoms with van der Waals surface area (Å²) in [5.41, 5.74) is 1.27. The predicted octanol–water partition coefficient (Wildman–Crippen LogP) is 3.38. The first kappa shape index (κ1) is 16.7. The van der Waals surface area contributed by atoms with Crippen molar-refractivity contribution < 1.29 is 4.74 Å². The van der Waals surface area contributed by atoms with Crippen LogP contribution in [0.25, 0.3) is 0 Å². The van der Waals surface area contributed by atoms with Gasteiger partial charge in [0.2, 0.25) is 0 Å². The monoisotopic (exact) mass is 311 g/mol. The highest BCUT2D eigenvalue weighted by Crippen LogP contribution is 2.34. The third-order valence-electron chi connectivity index (χ3n) is 4.47. The Morgan fingerprint density at radius 3 is 2.81 bits per heavy atom. The summed E-state index contributed by atoms with van der Waals surface area (Å²) in [6.45, 7) is 11.6. The van der Waals surface area contributed by atoms with E-state index in [0.717, 1.165) is 37.7 Å². The Labute approximate surface area is 132 Å². The molecule has 1 aromatic heterocycles. The topological polar surface area (TPSA) is 37.4 Å². The molecule has 1 aliphatic heterocycles. The minimum absolute atomic E-state index is 0.295. The highest BCUT2D eigenvalue weighted by atomic mass is 32.1. The second-order valence-corrected chi connectivity index (χ2v) is 7.00. The number of nitrogens with zero attached hydrogens (tertiary/aromatic N) is 2. The Hall–Kier alpha value is -0.650. The van der Waals surface area contributed by atoms with Crippen molar-refractivity contribution in [1.82, 2.24) is 10.3 Å². The Balaban J connectivity index is 2.20. The van der Waals surface area contributed by atoms with Crippen LogP contribution < -0.4 is 10.2 Å². The number of hydrogen-bond acceptors (Lipinski definition) is 5. The van der Waals surface area contributed by atoms with Gasteiger partial charge < -0.3 is 15.0 Å². The molecular weight excluding hydrogens is 282 g/mol. The van der Waals surface area contributed by atoms with Crippen LogP contribution in [0.1, 0.15) is 57.0 Å². The molecule has 21 heavy (non-hydrogen) atoms. The summed E-state index contributed by atoms with van der Waals surface area (Å²) in [6.07, 6.45) is 2.52. The molecule has 2 rings (SSSR count). The van der Waals surface area contributed by atoms with Crippen LogP contribution in [0, 0.1) is 0 Å². The van der Waals surface area contributed by atoms with E-state index in [0.29, 0.717) is 18.1 Å². The Kier molecular flexibility index (Phi) is 6.02.